The van der Waals surface area contributed by atoms with Gasteiger partial charge < -0.3 is 9.84 Å². The van der Waals surface area contributed by atoms with E-state index in [0.29, 0.717) is 17.7 Å². The first-order chi connectivity index (χ1) is 7.22. The molecule has 0 radical (unpaired) electrons. The van der Waals surface area contributed by atoms with Gasteiger partial charge in [-0.05, 0) is 36.3 Å². The van der Waals surface area contributed by atoms with E-state index >= 15 is 0 Å². The zero-order valence-corrected chi connectivity index (χ0v) is 8.33. The van der Waals surface area contributed by atoms with Crippen LogP contribution in [0.1, 0.15) is 18.1 Å². The maximum Gasteiger partial charge on any atom is 0.284 e. The first-order valence-corrected chi connectivity index (χ1v) is 4.76. The number of fused-ring (bicyclic) bond motifs is 1. The summed E-state index contributed by atoms with van der Waals surface area (Å²) in [6, 6.07) is 4.46. The summed E-state index contributed by atoms with van der Waals surface area (Å²) < 4.78 is 18.0. The number of benzene rings is 1. The second kappa shape index (κ2) is 3.77. The number of rotatable bonds is 2. The van der Waals surface area contributed by atoms with Gasteiger partial charge in [0, 0.05) is 0 Å². The molecule has 0 heterocycles. The van der Waals surface area contributed by atoms with Crippen LogP contribution in [0, 0.1) is 5.82 Å². The van der Waals surface area contributed by atoms with Crippen LogP contribution in [-0.4, -0.2) is 11.7 Å². The lowest BCUT2D eigenvalue weighted by Crippen LogP contribution is -1.94. The molecule has 2 nitrogen and oxygen atoms in total. The maximum absolute atomic E-state index is 13.0. The van der Waals surface area contributed by atoms with E-state index in [9.17, 15) is 9.50 Å². The zero-order valence-electron chi connectivity index (χ0n) is 8.33. The lowest BCUT2D eigenvalue weighted by Gasteiger charge is -2.05. The molecule has 1 aliphatic carbocycles. The van der Waals surface area contributed by atoms with Gasteiger partial charge in [0.1, 0.15) is 5.82 Å². The van der Waals surface area contributed by atoms with Crippen molar-refractivity contribution in [3.05, 3.63) is 47.2 Å². The summed E-state index contributed by atoms with van der Waals surface area (Å²) in [6.07, 6.45) is 3.54. The SMILES string of the molecule is CCOC(O)=C1C=Cc2ccc(F)cc21. The standard InChI is InChI=1S/C12H11FO2/c1-2-15-12(14)10-6-4-8-3-5-9(13)7-11(8)10/h3-7,14H,2H2,1H3. The Labute approximate surface area is 87.3 Å². The summed E-state index contributed by atoms with van der Waals surface area (Å²) in [4.78, 5) is 0. The van der Waals surface area contributed by atoms with E-state index in [0.717, 1.165) is 5.56 Å². The van der Waals surface area contributed by atoms with Crippen molar-refractivity contribution in [3.63, 3.8) is 0 Å². The second-order valence-electron chi connectivity index (χ2n) is 3.22. The van der Waals surface area contributed by atoms with Gasteiger partial charge >= 0.3 is 0 Å². The summed E-state index contributed by atoms with van der Waals surface area (Å²) in [5, 5.41) is 9.57. The van der Waals surface area contributed by atoms with Gasteiger partial charge in [-0.25, -0.2) is 4.39 Å². The number of halogens is 1. The van der Waals surface area contributed by atoms with E-state index in [1.165, 1.54) is 12.1 Å². The highest BCUT2D eigenvalue weighted by molar-refractivity contribution is 5.90. The quantitative estimate of drug-likeness (QED) is 0.753. The van der Waals surface area contributed by atoms with E-state index < -0.39 is 0 Å². The van der Waals surface area contributed by atoms with Crippen LogP contribution in [0.3, 0.4) is 0 Å². The Morgan fingerprint density at radius 3 is 2.93 bits per heavy atom. The minimum absolute atomic E-state index is 0.155. The number of hydrogen-bond acceptors (Lipinski definition) is 2. The fraction of sp³-hybridized carbons (Fsp3) is 0.167. The van der Waals surface area contributed by atoms with E-state index in [-0.39, 0.29) is 11.8 Å². The third kappa shape index (κ3) is 1.73. The second-order valence-corrected chi connectivity index (χ2v) is 3.22. The molecular formula is C12H11FO2. The van der Waals surface area contributed by atoms with Gasteiger partial charge in [0.25, 0.3) is 5.95 Å². The maximum atomic E-state index is 13.0. The van der Waals surface area contributed by atoms with Crippen LogP contribution >= 0.6 is 0 Å². The Morgan fingerprint density at radius 1 is 1.40 bits per heavy atom. The molecule has 2 rings (SSSR count). The van der Waals surface area contributed by atoms with E-state index in [2.05, 4.69) is 0 Å². The lowest BCUT2D eigenvalue weighted by molar-refractivity contribution is 0.105. The van der Waals surface area contributed by atoms with Crippen molar-refractivity contribution in [2.24, 2.45) is 0 Å². The fourth-order valence-corrected chi connectivity index (χ4v) is 1.57. The van der Waals surface area contributed by atoms with Crippen LogP contribution in [-0.2, 0) is 4.74 Å². The van der Waals surface area contributed by atoms with Crippen molar-refractivity contribution >= 4 is 11.6 Å². The first-order valence-electron chi connectivity index (χ1n) is 4.76. The molecule has 0 unspecified atom stereocenters. The highest BCUT2D eigenvalue weighted by Gasteiger charge is 2.16. The minimum Gasteiger partial charge on any atom is -0.481 e. The van der Waals surface area contributed by atoms with Gasteiger partial charge in [-0.3, -0.25) is 0 Å². The Bertz CT molecular complexity index is 447. The molecule has 0 saturated heterocycles. The summed E-state index contributed by atoms with van der Waals surface area (Å²) in [6.45, 7) is 2.16. The molecule has 0 saturated carbocycles. The molecule has 1 aromatic carbocycles. The zero-order chi connectivity index (χ0) is 10.8. The fourth-order valence-electron chi connectivity index (χ4n) is 1.57. The number of allylic oxidation sites excluding steroid dienone is 2. The molecule has 0 spiro atoms. The molecule has 3 heteroatoms. The van der Waals surface area contributed by atoms with Gasteiger partial charge in [-0.2, -0.15) is 0 Å². The van der Waals surface area contributed by atoms with Gasteiger partial charge in [0.2, 0.25) is 0 Å². The average Bonchev–Trinajstić information content (AvgIpc) is 2.60. The van der Waals surface area contributed by atoms with E-state index in [1.807, 2.05) is 6.08 Å². The number of ether oxygens (including phenoxy) is 1. The third-order valence-corrected chi connectivity index (χ3v) is 2.25. The minimum atomic E-state index is -0.320. The van der Waals surface area contributed by atoms with Crippen molar-refractivity contribution in [1.29, 1.82) is 0 Å². The monoisotopic (exact) mass is 206 g/mol. The van der Waals surface area contributed by atoms with Gasteiger partial charge in [-0.1, -0.05) is 12.1 Å². The molecule has 0 bridgehead atoms. The molecular weight excluding hydrogens is 195 g/mol. The number of aliphatic hydroxyl groups is 1. The molecule has 1 N–H and O–H groups in total. The number of aliphatic hydroxyl groups excluding tert-OH is 1. The molecule has 78 valence electrons. The Morgan fingerprint density at radius 2 is 2.20 bits per heavy atom. The van der Waals surface area contributed by atoms with Gasteiger partial charge in [0.15, 0.2) is 0 Å². The smallest absolute Gasteiger partial charge is 0.284 e. The predicted molar refractivity (Wildman–Crippen MR) is 56.6 cm³/mol. The molecule has 0 aliphatic heterocycles. The van der Waals surface area contributed by atoms with Gasteiger partial charge in [0.05, 0.1) is 12.2 Å². The van der Waals surface area contributed by atoms with Crippen LogP contribution < -0.4 is 0 Å². The van der Waals surface area contributed by atoms with Crippen LogP contribution in [0.15, 0.2) is 30.2 Å². The van der Waals surface area contributed by atoms with Crippen molar-refractivity contribution in [2.45, 2.75) is 6.92 Å². The van der Waals surface area contributed by atoms with E-state index in [1.54, 1.807) is 19.1 Å². The van der Waals surface area contributed by atoms with E-state index in [4.69, 9.17) is 4.74 Å². The molecule has 0 atom stereocenters. The summed E-state index contributed by atoms with van der Waals surface area (Å²) in [7, 11) is 0. The lowest BCUT2D eigenvalue weighted by atomic mass is 10.1. The van der Waals surface area contributed by atoms with Gasteiger partial charge in [-0.15, -0.1) is 0 Å². The third-order valence-electron chi connectivity index (χ3n) is 2.25. The highest BCUT2D eigenvalue weighted by atomic mass is 19.1. The topological polar surface area (TPSA) is 29.5 Å². The molecule has 1 aromatic rings. The van der Waals surface area contributed by atoms with Crippen molar-refractivity contribution in [3.8, 4) is 0 Å². The molecule has 15 heavy (non-hydrogen) atoms. The van der Waals surface area contributed by atoms with Crippen LogP contribution in [0.5, 0.6) is 0 Å². The molecule has 1 aliphatic rings. The van der Waals surface area contributed by atoms with Crippen molar-refractivity contribution in [1.82, 2.24) is 0 Å². The normalized spacial score (nSPS) is 16.4. The summed E-state index contributed by atoms with van der Waals surface area (Å²) >= 11 is 0. The van der Waals surface area contributed by atoms with Crippen LogP contribution in [0.2, 0.25) is 0 Å². The predicted octanol–water partition coefficient (Wildman–Crippen LogP) is 3.12. The highest BCUT2D eigenvalue weighted by Crippen LogP contribution is 2.31. The molecule has 0 fully saturated rings. The summed E-state index contributed by atoms with van der Waals surface area (Å²) in [5.41, 5.74) is 2.09. The Balaban J connectivity index is 2.47. The van der Waals surface area contributed by atoms with Crippen molar-refractivity contribution < 1.29 is 14.2 Å². The number of hydrogen-bond donors (Lipinski definition) is 1. The molecule has 0 amide bonds. The largest absolute Gasteiger partial charge is 0.481 e. The van der Waals surface area contributed by atoms with Crippen LogP contribution in [0.4, 0.5) is 4.39 Å². The Kier molecular flexibility index (Phi) is 2.46. The molecule has 0 aromatic heterocycles. The average molecular weight is 206 g/mol. The van der Waals surface area contributed by atoms with Crippen molar-refractivity contribution in [2.75, 3.05) is 6.61 Å². The Hall–Kier alpha value is -1.77. The first kappa shape index (κ1) is 9.77. The summed E-state index contributed by atoms with van der Waals surface area (Å²) in [5.74, 6) is -0.475. The van der Waals surface area contributed by atoms with Crippen LogP contribution in [0.25, 0.3) is 11.6 Å².